The molecule has 0 amide bonds. The highest BCUT2D eigenvalue weighted by Gasteiger charge is 2.76. The Labute approximate surface area is 419 Å². The van der Waals surface area contributed by atoms with Gasteiger partial charge >= 0.3 is 23.9 Å². The van der Waals surface area contributed by atoms with E-state index in [4.69, 9.17) is 49.4 Å². The minimum absolute atomic E-state index is 0.0176. The van der Waals surface area contributed by atoms with E-state index in [0.717, 1.165) is 5.56 Å². The number of likely N-dealkylation sites (tertiary alicyclic amines) is 2. The quantitative estimate of drug-likeness (QED) is 0.0634. The Morgan fingerprint density at radius 1 is 0.597 bits per heavy atom. The molecule has 4 unspecified atom stereocenters. The number of hydrogen-bond donors (Lipinski definition) is 1. The largest absolute Gasteiger partial charge is 0.468 e. The molecule has 2 aliphatic rings. The van der Waals surface area contributed by atoms with Crippen molar-refractivity contribution >= 4 is 29.6 Å². The van der Waals surface area contributed by atoms with Gasteiger partial charge in [-0.25, -0.2) is 24.5 Å². The van der Waals surface area contributed by atoms with E-state index in [2.05, 4.69) is 4.98 Å². The highest BCUT2D eigenvalue weighted by atomic mass is 16.6. The smallest absolute Gasteiger partial charge is 0.357 e. The summed E-state index contributed by atoms with van der Waals surface area (Å²) >= 11 is 0. The molecular formula is C55H60N8O9. The van der Waals surface area contributed by atoms with Crippen LogP contribution in [0.25, 0.3) is 11.4 Å². The second-order valence-corrected chi connectivity index (χ2v) is 20.1. The van der Waals surface area contributed by atoms with E-state index in [1.54, 1.807) is 121 Å². The van der Waals surface area contributed by atoms with Gasteiger partial charge in [0.15, 0.2) is 0 Å². The van der Waals surface area contributed by atoms with Gasteiger partial charge in [-0.15, -0.1) is 0 Å². The predicted molar refractivity (Wildman–Crippen MR) is 265 cm³/mol. The fourth-order valence-corrected chi connectivity index (χ4v) is 10.1. The third kappa shape index (κ3) is 10.6. The lowest BCUT2D eigenvalue weighted by atomic mass is 9.53. The molecule has 2 N–H and O–H groups in total. The molecule has 72 heavy (non-hydrogen) atoms. The summed E-state index contributed by atoms with van der Waals surface area (Å²) in [7, 11) is 2.62. The standard InChI is InChI=1S/C55H60N8O9/c1-52(2,3)71-47(64)43-22-14-16-37(60-43)30-62-33-54(50(66)68-7)45(41-18-9-11-28-57-41)63(31-38-17-13-20-39(59-38)40-21-15-23-44(61-40)48(65)72-53(4,5)6)46(42-19-10-12-29-58-42)55(34-62,51(67)69-8)49(54)70-32-35-24-26-36(56)27-25-35/h9-29,45-46,49H,30-34,56H2,1-8H3. The monoisotopic (exact) mass is 976 g/mol. The highest BCUT2D eigenvalue weighted by Crippen LogP contribution is 2.64. The molecule has 0 saturated carbocycles. The second-order valence-electron chi connectivity index (χ2n) is 20.1. The summed E-state index contributed by atoms with van der Waals surface area (Å²) < 4.78 is 30.3. The summed E-state index contributed by atoms with van der Waals surface area (Å²) in [5.74, 6) is -2.53. The summed E-state index contributed by atoms with van der Waals surface area (Å²) in [4.78, 5) is 86.2. The van der Waals surface area contributed by atoms with E-state index in [-0.39, 0.29) is 44.2 Å². The number of benzene rings is 1. The summed E-state index contributed by atoms with van der Waals surface area (Å²) in [5, 5.41) is 0. The topological polar surface area (TPSA) is 211 Å². The van der Waals surface area contributed by atoms with Crippen molar-refractivity contribution < 1.29 is 42.9 Å². The molecule has 4 atom stereocenters. The van der Waals surface area contributed by atoms with Gasteiger partial charge in [0.1, 0.15) is 33.4 Å². The molecule has 374 valence electrons. The van der Waals surface area contributed by atoms with E-state index in [0.29, 0.717) is 39.9 Å². The van der Waals surface area contributed by atoms with Crippen LogP contribution in [0, 0.1) is 10.8 Å². The zero-order valence-corrected chi connectivity index (χ0v) is 41.8. The Morgan fingerprint density at radius 2 is 1.08 bits per heavy atom. The van der Waals surface area contributed by atoms with Gasteiger partial charge in [-0.05, 0) is 120 Å². The van der Waals surface area contributed by atoms with Gasteiger partial charge in [-0.3, -0.25) is 29.4 Å². The number of pyridine rings is 5. The molecule has 2 aliphatic heterocycles. The fraction of sp³-hybridized carbons (Fsp3) is 0.364. The fourth-order valence-electron chi connectivity index (χ4n) is 10.1. The van der Waals surface area contributed by atoms with Crippen LogP contribution in [0.5, 0.6) is 0 Å². The van der Waals surface area contributed by atoms with Crippen molar-refractivity contribution in [2.45, 2.75) is 90.6 Å². The van der Waals surface area contributed by atoms with Gasteiger partial charge < -0.3 is 29.4 Å². The van der Waals surface area contributed by atoms with E-state index in [1.807, 2.05) is 58.3 Å². The van der Waals surface area contributed by atoms with E-state index < -0.39 is 64.1 Å². The molecule has 6 aromatic rings. The lowest BCUT2D eigenvalue weighted by Gasteiger charge is -2.66. The molecule has 8 rings (SSSR count). The van der Waals surface area contributed by atoms with Gasteiger partial charge in [0.25, 0.3) is 0 Å². The zero-order valence-electron chi connectivity index (χ0n) is 41.8. The first kappa shape index (κ1) is 50.9. The first-order valence-electron chi connectivity index (χ1n) is 23.6. The van der Waals surface area contributed by atoms with Gasteiger partial charge in [0.05, 0.1) is 73.2 Å². The van der Waals surface area contributed by atoms with Crippen LogP contribution < -0.4 is 5.73 Å². The number of fused-ring (bicyclic) bond motifs is 2. The Bertz CT molecular complexity index is 2830. The number of esters is 4. The normalized spacial score (nSPS) is 21.3. The predicted octanol–water partition coefficient (Wildman–Crippen LogP) is 7.54. The van der Waals surface area contributed by atoms with Crippen LogP contribution in [0.3, 0.4) is 0 Å². The highest BCUT2D eigenvalue weighted by molar-refractivity contribution is 5.89. The average molecular weight is 977 g/mol. The minimum Gasteiger partial charge on any atom is -0.468 e. The zero-order chi connectivity index (χ0) is 51.4. The third-order valence-electron chi connectivity index (χ3n) is 12.6. The van der Waals surface area contributed by atoms with Crippen molar-refractivity contribution in [1.29, 1.82) is 0 Å². The summed E-state index contributed by atoms with van der Waals surface area (Å²) in [5.41, 5.74) is 5.37. The number of ether oxygens (including phenoxy) is 5. The number of carbonyl (C=O) groups excluding carboxylic acids is 4. The number of anilines is 1. The van der Waals surface area contributed by atoms with Gasteiger partial charge in [0.2, 0.25) is 0 Å². The van der Waals surface area contributed by atoms with Gasteiger partial charge in [-0.2, -0.15) is 0 Å². The maximum atomic E-state index is 15.6. The van der Waals surface area contributed by atoms with Crippen molar-refractivity contribution in [2.75, 3.05) is 33.0 Å². The van der Waals surface area contributed by atoms with E-state index in [1.165, 1.54) is 14.2 Å². The molecular weight excluding hydrogens is 917 g/mol. The molecule has 17 nitrogen and oxygen atoms in total. The number of nitrogens with zero attached hydrogens (tertiary/aromatic N) is 7. The van der Waals surface area contributed by atoms with Crippen LogP contribution in [0.1, 0.15) is 103 Å². The number of aromatic nitrogens is 5. The maximum absolute atomic E-state index is 15.6. The molecule has 2 bridgehead atoms. The summed E-state index contributed by atoms with van der Waals surface area (Å²) in [6.07, 6.45) is 2.03. The molecule has 2 fully saturated rings. The van der Waals surface area contributed by atoms with Crippen LogP contribution in [0.2, 0.25) is 0 Å². The number of carbonyl (C=O) groups is 4. The maximum Gasteiger partial charge on any atom is 0.357 e. The minimum atomic E-state index is -1.78. The molecule has 2 saturated heterocycles. The number of piperidine rings is 2. The Kier molecular flexibility index (Phi) is 14.6. The van der Waals surface area contributed by atoms with E-state index >= 15 is 9.59 Å². The molecule has 7 heterocycles. The molecule has 17 heteroatoms. The first-order valence-corrected chi connectivity index (χ1v) is 23.6. The molecule has 5 aromatic heterocycles. The third-order valence-corrected chi connectivity index (χ3v) is 12.6. The Hall–Kier alpha value is -7.47. The molecule has 0 radical (unpaired) electrons. The Balaban J connectivity index is 1.35. The van der Waals surface area contributed by atoms with Crippen molar-refractivity contribution in [3.8, 4) is 11.4 Å². The Morgan fingerprint density at radius 3 is 1.58 bits per heavy atom. The lowest BCUT2D eigenvalue weighted by molar-refractivity contribution is -0.269. The van der Waals surface area contributed by atoms with Gasteiger partial charge in [-0.1, -0.05) is 42.5 Å². The SMILES string of the molecule is COC(=O)C12CN(Cc3cccc(C(=O)OC(C)(C)C)n3)CC(C(=O)OC)(C(c3ccccn3)N(Cc3cccc(-c4cccc(C(=O)OC(C)(C)C)n4)n3)C1c1ccccn1)C2OCc1ccc(N)cc1. The van der Waals surface area contributed by atoms with Crippen LogP contribution >= 0.6 is 0 Å². The van der Waals surface area contributed by atoms with Crippen molar-refractivity contribution in [2.24, 2.45) is 10.8 Å². The number of hydrogen-bond acceptors (Lipinski definition) is 17. The van der Waals surface area contributed by atoms with Crippen LogP contribution in [0.4, 0.5) is 5.69 Å². The molecule has 0 spiro atoms. The first-order chi connectivity index (χ1) is 34.3. The van der Waals surface area contributed by atoms with Crippen LogP contribution in [0.15, 0.2) is 128 Å². The number of nitrogen functional groups attached to an aromatic ring is 1. The van der Waals surface area contributed by atoms with E-state index in [9.17, 15) is 9.59 Å². The van der Waals surface area contributed by atoms with Gasteiger partial charge in [0, 0.05) is 44.3 Å². The van der Waals surface area contributed by atoms with Crippen LogP contribution in [-0.4, -0.2) is 103 Å². The number of methoxy groups -OCH3 is 2. The van der Waals surface area contributed by atoms with Crippen LogP contribution in [-0.2, 0) is 53.0 Å². The number of nitrogens with two attached hydrogens (primary N) is 1. The lowest BCUT2D eigenvalue weighted by Crippen LogP contribution is -2.77. The number of rotatable bonds is 14. The summed E-state index contributed by atoms with van der Waals surface area (Å²) in [6.45, 7) is 10.6. The second kappa shape index (κ2) is 20.7. The molecule has 1 aromatic carbocycles. The van der Waals surface area contributed by atoms with Crippen molar-refractivity contribution in [1.82, 2.24) is 34.7 Å². The van der Waals surface area contributed by atoms with Crippen molar-refractivity contribution in [3.63, 3.8) is 0 Å². The molecule has 0 aliphatic carbocycles. The summed E-state index contributed by atoms with van der Waals surface area (Å²) in [6, 6.07) is 31.6. The van der Waals surface area contributed by atoms with Crippen molar-refractivity contribution in [3.05, 3.63) is 167 Å². The average Bonchev–Trinajstić information content (AvgIpc) is 3.35.